The molecule has 17 heavy (non-hydrogen) atoms. The van der Waals surface area contributed by atoms with Crippen LogP contribution in [0.1, 0.15) is 25.8 Å². The number of anilines is 1. The highest BCUT2D eigenvalue weighted by atomic mass is 35.5. The van der Waals surface area contributed by atoms with Crippen LogP contribution in [0.15, 0.2) is 18.2 Å². The highest BCUT2D eigenvalue weighted by molar-refractivity contribution is 6.31. The van der Waals surface area contributed by atoms with Crippen LogP contribution in [0.3, 0.4) is 0 Å². The second kappa shape index (κ2) is 6.62. The van der Waals surface area contributed by atoms with Crippen molar-refractivity contribution in [1.29, 1.82) is 0 Å². The highest BCUT2D eigenvalue weighted by Crippen LogP contribution is 2.22. The maximum atomic E-state index is 11.9. The summed E-state index contributed by atoms with van der Waals surface area (Å²) in [4.78, 5) is 11.9. The summed E-state index contributed by atoms with van der Waals surface area (Å²) < 4.78 is 0. The highest BCUT2D eigenvalue weighted by Gasteiger charge is 2.13. The Labute approximate surface area is 108 Å². The van der Waals surface area contributed by atoms with E-state index in [9.17, 15) is 4.79 Å². The van der Waals surface area contributed by atoms with Gasteiger partial charge in [-0.05, 0) is 44.5 Å². The van der Waals surface area contributed by atoms with Crippen molar-refractivity contribution in [2.24, 2.45) is 0 Å². The van der Waals surface area contributed by atoms with E-state index in [2.05, 4.69) is 17.6 Å². The lowest BCUT2D eigenvalue weighted by molar-refractivity contribution is -0.117. The zero-order valence-corrected chi connectivity index (χ0v) is 11.3. The molecule has 0 bridgehead atoms. The molecule has 1 rings (SSSR count). The van der Waals surface area contributed by atoms with Crippen molar-refractivity contribution >= 4 is 23.2 Å². The fourth-order valence-electron chi connectivity index (χ4n) is 1.44. The van der Waals surface area contributed by atoms with Crippen molar-refractivity contribution < 1.29 is 4.79 Å². The van der Waals surface area contributed by atoms with Gasteiger partial charge in [-0.15, -0.1) is 0 Å². The molecule has 0 saturated heterocycles. The van der Waals surface area contributed by atoms with Crippen LogP contribution < -0.4 is 10.6 Å². The first-order valence-corrected chi connectivity index (χ1v) is 6.23. The molecule has 1 unspecified atom stereocenters. The molecule has 94 valence electrons. The maximum absolute atomic E-state index is 11.9. The van der Waals surface area contributed by atoms with Crippen LogP contribution in [-0.4, -0.2) is 18.5 Å². The van der Waals surface area contributed by atoms with Crippen molar-refractivity contribution in [3.8, 4) is 0 Å². The van der Waals surface area contributed by atoms with E-state index >= 15 is 0 Å². The number of amides is 1. The predicted molar refractivity (Wildman–Crippen MR) is 72.6 cm³/mol. The zero-order valence-electron chi connectivity index (χ0n) is 10.5. The molecule has 0 aromatic heterocycles. The Bertz CT molecular complexity index is 393. The molecule has 0 aliphatic heterocycles. The van der Waals surface area contributed by atoms with Crippen molar-refractivity contribution in [3.05, 3.63) is 28.8 Å². The summed E-state index contributed by atoms with van der Waals surface area (Å²) in [7, 11) is 0. The van der Waals surface area contributed by atoms with E-state index in [-0.39, 0.29) is 11.9 Å². The number of carbonyl (C=O) groups is 1. The molecular formula is C13H19ClN2O. The minimum atomic E-state index is -0.201. The molecule has 0 saturated carbocycles. The van der Waals surface area contributed by atoms with Crippen molar-refractivity contribution in [3.63, 3.8) is 0 Å². The zero-order chi connectivity index (χ0) is 12.8. The molecule has 0 heterocycles. The topological polar surface area (TPSA) is 41.1 Å². The van der Waals surface area contributed by atoms with Crippen LogP contribution in [0.25, 0.3) is 0 Å². The van der Waals surface area contributed by atoms with E-state index in [0.29, 0.717) is 5.02 Å². The lowest BCUT2D eigenvalue weighted by atomic mass is 10.2. The summed E-state index contributed by atoms with van der Waals surface area (Å²) in [5.74, 6) is -0.0381. The van der Waals surface area contributed by atoms with Crippen molar-refractivity contribution in [2.45, 2.75) is 33.2 Å². The quantitative estimate of drug-likeness (QED) is 0.848. The van der Waals surface area contributed by atoms with E-state index in [0.717, 1.165) is 24.2 Å². The SMILES string of the molecule is CCCNC(C)C(=O)Nc1cccc(Cl)c1C. The second-order valence-corrected chi connectivity index (χ2v) is 4.48. The molecule has 3 nitrogen and oxygen atoms in total. The third kappa shape index (κ3) is 4.02. The van der Waals surface area contributed by atoms with Gasteiger partial charge in [-0.2, -0.15) is 0 Å². The van der Waals surface area contributed by atoms with Gasteiger partial charge < -0.3 is 10.6 Å². The average molecular weight is 255 g/mol. The van der Waals surface area contributed by atoms with Crippen LogP contribution in [0.5, 0.6) is 0 Å². The summed E-state index contributed by atoms with van der Waals surface area (Å²) in [5.41, 5.74) is 1.66. The Balaban J connectivity index is 2.64. The normalized spacial score (nSPS) is 12.2. The molecule has 1 aromatic rings. The Kier molecular flexibility index (Phi) is 5.45. The lowest BCUT2D eigenvalue weighted by Gasteiger charge is -2.15. The predicted octanol–water partition coefficient (Wildman–Crippen LogP) is 2.98. The smallest absolute Gasteiger partial charge is 0.241 e. The number of halogens is 1. The molecular weight excluding hydrogens is 236 g/mol. The third-order valence-corrected chi connectivity index (χ3v) is 3.03. The molecule has 0 aliphatic rings. The van der Waals surface area contributed by atoms with Crippen LogP contribution in [0.4, 0.5) is 5.69 Å². The van der Waals surface area contributed by atoms with Gasteiger partial charge in [0, 0.05) is 10.7 Å². The maximum Gasteiger partial charge on any atom is 0.241 e. The van der Waals surface area contributed by atoms with Gasteiger partial charge >= 0.3 is 0 Å². The van der Waals surface area contributed by atoms with Crippen LogP contribution >= 0.6 is 11.6 Å². The molecule has 1 aromatic carbocycles. The minimum Gasteiger partial charge on any atom is -0.324 e. The van der Waals surface area contributed by atoms with Gasteiger partial charge in [-0.25, -0.2) is 0 Å². The van der Waals surface area contributed by atoms with Crippen LogP contribution in [0.2, 0.25) is 5.02 Å². The number of rotatable bonds is 5. The Morgan fingerprint density at radius 1 is 1.47 bits per heavy atom. The fourth-order valence-corrected chi connectivity index (χ4v) is 1.61. The van der Waals surface area contributed by atoms with Gasteiger partial charge in [0.05, 0.1) is 6.04 Å². The summed E-state index contributed by atoms with van der Waals surface area (Å²) in [6.07, 6.45) is 1.01. The number of hydrogen-bond donors (Lipinski definition) is 2. The van der Waals surface area contributed by atoms with Crippen molar-refractivity contribution in [1.82, 2.24) is 5.32 Å². The van der Waals surface area contributed by atoms with Gasteiger partial charge in [-0.3, -0.25) is 4.79 Å². The molecule has 0 radical (unpaired) electrons. The monoisotopic (exact) mass is 254 g/mol. The summed E-state index contributed by atoms with van der Waals surface area (Å²) >= 11 is 5.99. The Hall–Kier alpha value is -1.06. The Morgan fingerprint density at radius 3 is 2.82 bits per heavy atom. The Morgan fingerprint density at radius 2 is 2.18 bits per heavy atom. The van der Waals surface area contributed by atoms with Crippen molar-refractivity contribution in [2.75, 3.05) is 11.9 Å². The second-order valence-electron chi connectivity index (χ2n) is 4.08. The van der Waals surface area contributed by atoms with Crippen LogP contribution in [0, 0.1) is 6.92 Å². The van der Waals surface area contributed by atoms with Gasteiger partial charge in [0.25, 0.3) is 0 Å². The molecule has 1 amide bonds. The van der Waals surface area contributed by atoms with Crippen LogP contribution in [-0.2, 0) is 4.79 Å². The third-order valence-electron chi connectivity index (χ3n) is 2.62. The molecule has 0 fully saturated rings. The summed E-state index contributed by atoms with van der Waals surface area (Å²) in [6.45, 7) is 6.65. The van der Waals surface area contributed by atoms with Gasteiger partial charge in [-0.1, -0.05) is 24.6 Å². The summed E-state index contributed by atoms with van der Waals surface area (Å²) in [6, 6.07) is 5.29. The molecule has 4 heteroatoms. The molecule has 2 N–H and O–H groups in total. The number of benzene rings is 1. The first-order valence-electron chi connectivity index (χ1n) is 5.85. The largest absolute Gasteiger partial charge is 0.324 e. The van der Waals surface area contributed by atoms with E-state index in [4.69, 9.17) is 11.6 Å². The van der Waals surface area contributed by atoms with Gasteiger partial charge in [0.1, 0.15) is 0 Å². The molecule has 1 atom stereocenters. The number of carbonyl (C=O) groups excluding carboxylic acids is 1. The van der Waals surface area contributed by atoms with E-state index in [1.165, 1.54) is 0 Å². The summed E-state index contributed by atoms with van der Waals surface area (Å²) in [5, 5.41) is 6.68. The van der Waals surface area contributed by atoms with Gasteiger partial charge in [0.2, 0.25) is 5.91 Å². The number of nitrogens with one attached hydrogen (secondary N) is 2. The molecule has 0 spiro atoms. The number of hydrogen-bond acceptors (Lipinski definition) is 2. The molecule has 0 aliphatic carbocycles. The van der Waals surface area contributed by atoms with E-state index in [1.807, 2.05) is 32.0 Å². The lowest BCUT2D eigenvalue weighted by Crippen LogP contribution is -2.38. The first-order chi connectivity index (χ1) is 8.06. The van der Waals surface area contributed by atoms with Gasteiger partial charge in [0.15, 0.2) is 0 Å². The average Bonchev–Trinajstić information content (AvgIpc) is 2.31. The minimum absolute atomic E-state index is 0.0381. The van der Waals surface area contributed by atoms with E-state index < -0.39 is 0 Å². The van der Waals surface area contributed by atoms with E-state index in [1.54, 1.807) is 0 Å². The standard InChI is InChI=1S/C13H19ClN2O/c1-4-8-15-10(3)13(17)16-12-7-5-6-11(14)9(12)2/h5-7,10,15H,4,8H2,1-3H3,(H,16,17). The fraction of sp³-hybridized carbons (Fsp3) is 0.462. The first kappa shape index (κ1) is 14.0.